The third-order valence-electron chi connectivity index (χ3n) is 1.66. The van der Waals surface area contributed by atoms with Crippen LogP contribution >= 0.6 is 0 Å². The fourth-order valence-corrected chi connectivity index (χ4v) is 1.10. The standard InChI is InChI=1S/C10H6O/c11-10-6-5-8-3-1-2-4-9(8)7-10/h2-7H. The average molecular weight is 142 g/mol. The van der Waals surface area contributed by atoms with E-state index in [4.69, 9.17) is 0 Å². The normalized spacial score (nSPS) is 10.2. The molecule has 2 aromatic carbocycles. The average Bonchev–Trinajstić information content (AvgIpc) is 2.04. The van der Waals surface area contributed by atoms with Crippen molar-refractivity contribution in [1.29, 1.82) is 0 Å². The highest BCUT2D eigenvalue weighted by Crippen LogP contribution is 2.18. The Labute approximate surface area is 64.9 Å². The van der Waals surface area contributed by atoms with Crippen LogP contribution in [-0.4, -0.2) is 0 Å². The van der Waals surface area contributed by atoms with Gasteiger partial charge in [0.15, 0.2) is 5.75 Å². The van der Waals surface area contributed by atoms with Crippen molar-refractivity contribution in [3.8, 4) is 5.75 Å². The number of fused-ring (bicyclic) bond motifs is 1. The summed E-state index contributed by atoms with van der Waals surface area (Å²) in [7, 11) is 0. The second-order valence-electron chi connectivity index (χ2n) is 2.44. The fraction of sp³-hybridized carbons (Fsp3) is 0. The van der Waals surface area contributed by atoms with Gasteiger partial charge in [-0.1, -0.05) is 18.2 Å². The van der Waals surface area contributed by atoms with Crippen molar-refractivity contribution < 1.29 is 5.11 Å². The Hall–Kier alpha value is -1.50. The highest BCUT2D eigenvalue weighted by atomic mass is 16.3. The van der Waals surface area contributed by atoms with Gasteiger partial charge in [-0.3, -0.25) is 5.11 Å². The fourth-order valence-electron chi connectivity index (χ4n) is 1.10. The molecule has 1 heteroatoms. The van der Waals surface area contributed by atoms with Gasteiger partial charge in [-0.25, -0.2) is 0 Å². The van der Waals surface area contributed by atoms with Crippen LogP contribution in [0.4, 0.5) is 0 Å². The molecule has 0 heterocycles. The molecule has 0 aliphatic carbocycles. The van der Waals surface area contributed by atoms with Gasteiger partial charge in [-0.15, -0.1) is 0 Å². The van der Waals surface area contributed by atoms with Crippen molar-refractivity contribution in [3.05, 3.63) is 42.5 Å². The summed E-state index contributed by atoms with van der Waals surface area (Å²) < 4.78 is 0. The van der Waals surface area contributed by atoms with E-state index in [0.29, 0.717) is 0 Å². The molecule has 0 atom stereocenters. The van der Waals surface area contributed by atoms with E-state index in [-0.39, 0.29) is 5.75 Å². The molecule has 11 heavy (non-hydrogen) atoms. The van der Waals surface area contributed by atoms with E-state index in [1.807, 2.05) is 24.3 Å². The molecule has 2 aromatic rings. The summed E-state index contributed by atoms with van der Waals surface area (Å²) in [5.41, 5.74) is 0. The lowest BCUT2D eigenvalue weighted by atomic mass is 10.1. The molecule has 0 fully saturated rings. The Bertz CT molecular complexity index is 379. The van der Waals surface area contributed by atoms with Gasteiger partial charge in [0.05, 0.1) is 0 Å². The van der Waals surface area contributed by atoms with Crippen LogP contribution in [0.1, 0.15) is 0 Å². The summed E-state index contributed by atoms with van der Waals surface area (Å²) in [6, 6.07) is 13.5. The maximum Gasteiger partial charge on any atom is 0.179 e. The SMILES string of the molecule is [O]c1ccc2c[c]ccc2c1. The number of benzene rings is 2. The molecule has 0 spiro atoms. The molecular weight excluding hydrogens is 136 g/mol. The third kappa shape index (κ3) is 1.05. The summed E-state index contributed by atoms with van der Waals surface area (Å²) >= 11 is 0. The Morgan fingerprint density at radius 1 is 1.09 bits per heavy atom. The Morgan fingerprint density at radius 3 is 2.91 bits per heavy atom. The lowest BCUT2D eigenvalue weighted by molar-refractivity contribution is 0.355. The lowest BCUT2D eigenvalue weighted by Gasteiger charge is -1.94. The van der Waals surface area contributed by atoms with E-state index in [2.05, 4.69) is 6.07 Å². The summed E-state index contributed by atoms with van der Waals surface area (Å²) in [6.45, 7) is 0. The van der Waals surface area contributed by atoms with E-state index in [1.165, 1.54) is 0 Å². The van der Waals surface area contributed by atoms with E-state index in [1.54, 1.807) is 12.1 Å². The smallest absolute Gasteiger partial charge is 0.179 e. The van der Waals surface area contributed by atoms with E-state index in [0.717, 1.165) is 10.8 Å². The second-order valence-corrected chi connectivity index (χ2v) is 2.44. The summed E-state index contributed by atoms with van der Waals surface area (Å²) in [5.74, 6) is 0.0590. The quantitative estimate of drug-likeness (QED) is 0.539. The lowest BCUT2D eigenvalue weighted by Crippen LogP contribution is -1.69. The van der Waals surface area contributed by atoms with Crippen LogP contribution in [0, 0.1) is 6.07 Å². The zero-order valence-corrected chi connectivity index (χ0v) is 5.87. The van der Waals surface area contributed by atoms with Crippen LogP contribution in [0.15, 0.2) is 36.4 Å². The van der Waals surface area contributed by atoms with Gasteiger partial charge in [-0.05, 0) is 35.0 Å². The first-order valence-electron chi connectivity index (χ1n) is 3.43. The molecule has 2 rings (SSSR count). The van der Waals surface area contributed by atoms with Crippen LogP contribution in [0.3, 0.4) is 0 Å². The van der Waals surface area contributed by atoms with E-state index >= 15 is 0 Å². The zero-order chi connectivity index (χ0) is 7.68. The highest BCUT2D eigenvalue weighted by molar-refractivity contribution is 5.83. The summed E-state index contributed by atoms with van der Waals surface area (Å²) in [6.07, 6.45) is 0. The minimum Gasteiger partial charge on any atom is -0.290 e. The largest absolute Gasteiger partial charge is 0.290 e. The molecule has 0 aliphatic rings. The molecular formula is C10H6O. The van der Waals surface area contributed by atoms with Crippen molar-refractivity contribution in [2.45, 2.75) is 0 Å². The van der Waals surface area contributed by atoms with Crippen molar-refractivity contribution in [2.75, 3.05) is 0 Å². The van der Waals surface area contributed by atoms with Crippen LogP contribution < -0.4 is 0 Å². The van der Waals surface area contributed by atoms with Gasteiger partial charge in [0.2, 0.25) is 0 Å². The third-order valence-corrected chi connectivity index (χ3v) is 1.66. The van der Waals surface area contributed by atoms with Crippen molar-refractivity contribution >= 4 is 10.8 Å². The van der Waals surface area contributed by atoms with Crippen LogP contribution in [-0.2, 0) is 5.11 Å². The van der Waals surface area contributed by atoms with Gasteiger partial charge in [0.25, 0.3) is 0 Å². The highest BCUT2D eigenvalue weighted by Gasteiger charge is 1.93. The number of hydrogen-bond acceptors (Lipinski definition) is 0. The molecule has 0 N–H and O–H groups in total. The predicted octanol–water partition coefficient (Wildman–Crippen LogP) is 2.78. The molecule has 0 amide bonds. The molecule has 1 nitrogen and oxygen atoms in total. The zero-order valence-electron chi connectivity index (χ0n) is 5.87. The van der Waals surface area contributed by atoms with Crippen molar-refractivity contribution in [3.63, 3.8) is 0 Å². The van der Waals surface area contributed by atoms with E-state index in [9.17, 15) is 5.11 Å². The maximum absolute atomic E-state index is 10.9. The second kappa shape index (κ2) is 2.27. The monoisotopic (exact) mass is 142 g/mol. The predicted molar refractivity (Wildman–Crippen MR) is 42.9 cm³/mol. The molecule has 0 bridgehead atoms. The first-order chi connectivity index (χ1) is 5.36. The van der Waals surface area contributed by atoms with Gasteiger partial charge < -0.3 is 0 Å². The van der Waals surface area contributed by atoms with Crippen LogP contribution in [0.25, 0.3) is 10.8 Å². The van der Waals surface area contributed by atoms with Gasteiger partial charge in [0.1, 0.15) is 0 Å². The topological polar surface area (TPSA) is 19.9 Å². The number of rotatable bonds is 0. The van der Waals surface area contributed by atoms with Crippen molar-refractivity contribution in [2.24, 2.45) is 0 Å². The molecule has 0 saturated heterocycles. The molecule has 0 aliphatic heterocycles. The van der Waals surface area contributed by atoms with Crippen LogP contribution in [0.5, 0.6) is 5.75 Å². The van der Waals surface area contributed by atoms with Gasteiger partial charge in [-0.2, -0.15) is 0 Å². The van der Waals surface area contributed by atoms with Crippen LogP contribution in [0.2, 0.25) is 0 Å². The Morgan fingerprint density at radius 2 is 2.00 bits per heavy atom. The Balaban J connectivity index is 2.83. The molecule has 0 aromatic heterocycles. The van der Waals surface area contributed by atoms with Crippen molar-refractivity contribution in [1.82, 2.24) is 0 Å². The first-order valence-corrected chi connectivity index (χ1v) is 3.43. The minimum absolute atomic E-state index is 0.0590. The van der Waals surface area contributed by atoms with Gasteiger partial charge in [0, 0.05) is 0 Å². The Kier molecular flexibility index (Phi) is 1.29. The number of hydrogen-bond donors (Lipinski definition) is 0. The maximum atomic E-state index is 10.9. The summed E-state index contributed by atoms with van der Waals surface area (Å²) in [5, 5.41) is 12.9. The first kappa shape index (κ1) is 6.23. The molecule has 52 valence electrons. The molecule has 2 radical (unpaired) electrons. The molecule has 0 unspecified atom stereocenters. The summed E-state index contributed by atoms with van der Waals surface area (Å²) in [4.78, 5) is 0. The minimum atomic E-state index is 0.0590. The van der Waals surface area contributed by atoms with E-state index < -0.39 is 0 Å². The molecule has 0 saturated carbocycles. The van der Waals surface area contributed by atoms with Gasteiger partial charge >= 0.3 is 0 Å².